The summed E-state index contributed by atoms with van der Waals surface area (Å²) in [6, 6.07) is 3.49. The molecule has 1 aromatic rings. The molecule has 0 bridgehead atoms. The summed E-state index contributed by atoms with van der Waals surface area (Å²) < 4.78 is 0. The lowest BCUT2D eigenvalue weighted by molar-refractivity contribution is -0.146. The third kappa shape index (κ3) is 3.34. The van der Waals surface area contributed by atoms with Gasteiger partial charge in [0, 0.05) is 14.7 Å². The van der Waals surface area contributed by atoms with Gasteiger partial charge in [-0.3, -0.25) is 0 Å². The van der Waals surface area contributed by atoms with Gasteiger partial charge >= 0.3 is 5.97 Å². The molecule has 0 amide bonds. The molecule has 0 aliphatic carbocycles. The predicted molar refractivity (Wildman–Crippen MR) is 74.4 cm³/mol. The van der Waals surface area contributed by atoms with E-state index in [0.29, 0.717) is 5.56 Å². The summed E-state index contributed by atoms with van der Waals surface area (Å²) in [6.07, 6.45) is 4.41. The lowest BCUT2D eigenvalue weighted by Crippen LogP contribution is -2.10. The highest BCUT2D eigenvalue weighted by Gasteiger charge is 2.19. The summed E-state index contributed by atoms with van der Waals surface area (Å²) in [5.74, 6) is -1.22. The molecular weight excluding hydrogens is 276 g/mol. The van der Waals surface area contributed by atoms with E-state index >= 15 is 0 Å². The number of thioether (sulfide) groups is 3. The zero-order valence-electron chi connectivity index (χ0n) is 9.76. The topological polar surface area (TPSA) is 57.5 Å². The number of carbonyl (C=O) groups is 1. The average molecular weight is 290 g/mol. The molecule has 0 saturated carbocycles. The Labute approximate surface area is 113 Å². The van der Waals surface area contributed by atoms with E-state index in [1.807, 2.05) is 18.8 Å². The molecule has 0 radical (unpaired) electrons. The van der Waals surface area contributed by atoms with Crippen LogP contribution >= 0.6 is 35.3 Å². The van der Waals surface area contributed by atoms with E-state index in [4.69, 9.17) is 5.11 Å². The number of carboxylic acids is 1. The molecule has 0 aliphatic heterocycles. The van der Waals surface area contributed by atoms with Crippen LogP contribution in [0.4, 0.5) is 0 Å². The Morgan fingerprint density at radius 1 is 1.12 bits per heavy atom. The molecule has 3 nitrogen and oxygen atoms in total. The maximum Gasteiger partial charge on any atom is 0.337 e. The summed E-state index contributed by atoms with van der Waals surface area (Å²) in [6.45, 7) is 0. The van der Waals surface area contributed by atoms with Gasteiger partial charge in [0.15, 0.2) is 6.10 Å². The molecule has 1 atom stereocenters. The lowest BCUT2D eigenvalue weighted by Gasteiger charge is -2.14. The van der Waals surface area contributed by atoms with Crippen molar-refractivity contribution in [2.75, 3.05) is 18.8 Å². The Hall–Kier alpha value is -0.300. The standard InChI is InChI=1S/C11H14O3S3/c1-15-7-4-6(9(12)11(13)14)5-8(16-2)10(7)17-3/h4-5,9,12H,1-3H3,(H,13,14). The SMILES string of the molecule is CSc1cc(C(O)C(=O)O)cc(SC)c1SC. The second-order valence-corrected chi connectivity index (χ2v) is 5.71. The third-order valence-corrected chi connectivity index (χ3v) is 4.87. The number of hydrogen-bond acceptors (Lipinski definition) is 5. The molecule has 0 aliphatic rings. The van der Waals surface area contributed by atoms with E-state index in [0.717, 1.165) is 14.7 Å². The van der Waals surface area contributed by atoms with Crippen molar-refractivity contribution in [3.8, 4) is 0 Å². The second kappa shape index (κ2) is 6.58. The highest BCUT2D eigenvalue weighted by Crippen LogP contribution is 2.38. The monoisotopic (exact) mass is 290 g/mol. The highest BCUT2D eigenvalue weighted by atomic mass is 32.2. The Morgan fingerprint density at radius 3 is 1.88 bits per heavy atom. The minimum absolute atomic E-state index is 0.434. The summed E-state index contributed by atoms with van der Waals surface area (Å²) in [4.78, 5) is 13.9. The van der Waals surface area contributed by atoms with Gasteiger partial charge in [-0.25, -0.2) is 4.79 Å². The van der Waals surface area contributed by atoms with Crippen LogP contribution in [0.3, 0.4) is 0 Å². The van der Waals surface area contributed by atoms with Crippen molar-refractivity contribution in [2.45, 2.75) is 20.8 Å². The average Bonchev–Trinajstić information content (AvgIpc) is 2.35. The van der Waals surface area contributed by atoms with Crippen molar-refractivity contribution in [1.82, 2.24) is 0 Å². The fourth-order valence-electron chi connectivity index (χ4n) is 1.40. The summed E-state index contributed by atoms with van der Waals surface area (Å²) >= 11 is 4.74. The molecule has 0 aromatic heterocycles. The van der Waals surface area contributed by atoms with Gasteiger partial charge in [0.1, 0.15) is 0 Å². The van der Waals surface area contributed by atoms with Crippen LogP contribution in [-0.4, -0.2) is 34.9 Å². The number of aliphatic hydroxyl groups is 1. The molecule has 94 valence electrons. The molecule has 1 rings (SSSR count). The van der Waals surface area contributed by atoms with E-state index < -0.39 is 12.1 Å². The highest BCUT2D eigenvalue weighted by molar-refractivity contribution is 8.03. The number of carboxylic acid groups (broad SMARTS) is 1. The van der Waals surface area contributed by atoms with Crippen molar-refractivity contribution in [3.05, 3.63) is 17.7 Å². The molecule has 0 fully saturated rings. The first-order chi connectivity index (χ1) is 8.04. The normalized spacial score (nSPS) is 12.5. The van der Waals surface area contributed by atoms with Gasteiger partial charge in [0.05, 0.1) is 0 Å². The van der Waals surface area contributed by atoms with Gasteiger partial charge < -0.3 is 10.2 Å². The molecular formula is C11H14O3S3. The van der Waals surface area contributed by atoms with Gasteiger partial charge in [-0.15, -0.1) is 35.3 Å². The minimum Gasteiger partial charge on any atom is -0.479 e. The Morgan fingerprint density at radius 2 is 1.59 bits per heavy atom. The Bertz CT molecular complexity index is 395. The quantitative estimate of drug-likeness (QED) is 0.813. The maximum atomic E-state index is 10.8. The van der Waals surface area contributed by atoms with Gasteiger partial charge in [-0.2, -0.15) is 0 Å². The molecule has 0 spiro atoms. The van der Waals surface area contributed by atoms with Crippen LogP contribution in [0, 0.1) is 0 Å². The zero-order valence-corrected chi connectivity index (χ0v) is 12.2. The molecule has 0 saturated heterocycles. The van der Waals surface area contributed by atoms with Crippen molar-refractivity contribution in [2.24, 2.45) is 0 Å². The fraction of sp³-hybridized carbons (Fsp3) is 0.364. The third-order valence-electron chi connectivity index (χ3n) is 2.24. The van der Waals surface area contributed by atoms with E-state index in [-0.39, 0.29) is 0 Å². The van der Waals surface area contributed by atoms with E-state index in [9.17, 15) is 9.90 Å². The van der Waals surface area contributed by atoms with Gasteiger partial charge in [0.25, 0.3) is 0 Å². The van der Waals surface area contributed by atoms with E-state index in [1.54, 1.807) is 47.4 Å². The van der Waals surface area contributed by atoms with E-state index in [1.165, 1.54) is 0 Å². The maximum absolute atomic E-state index is 10.8. The van der Waals surface area contributed by atoms with Gasteiger partial charge in [-0.05, 0) is 36.5 Å². The smallest absolute Gasteiger partial charge is 0.337 e. The zero-order chi connectivity index (χ0) is 13.0. The number of benzene rings is 1. The molecule has 1 unspecified atom stereocenters. The molecule has 6 heteroatoms. The van der Waals surface area contributed by atoms with Crippen molar-refractivity contribution >= 4 is 41.3 Å². The van der Waals surface area contributed by atoms with Crippen LogP contribution in [0.15, 0.2) is 26.8 Å². The number of rotatable bonds is 5. The van der Waals surface area contributed by atoms with Crippen LogP contribution < -0.4 is 0 Å². The predicted octanol–water partition coefficient (Wildman–Crippen LogP) is 2.97. The van der Waals surface area contributed by atoms with E-state index in [2.05, 4.69) is 0 Å². The number of aliphatic hydroxyl groups excluding tert-OH is 1. The Kier molecular flexibility index (Phi) is 5.72. The fourth-order valence-corrected chi connectivity index (χ4v) is 4.09. The molecule has 0 heterocycles. The van der Waals surface area contributed by atoms with Crippen molar-refractivity contribution in [3.63, 3.8) is 0 Å². The van der Waals surface area contributed by atoms with Gasteiger partial charge in [-0.1, -0.05) is 0 Å². The van der Waals surface area contributed by atoms with Crippen molar-refractivity contribution < 1.29 is 15.0 Å². The molecule has 17 heavy (non-hydrogen) atoms. The summed E-state index contributed by atoms with van der Waals surface area (Å²) in [7, 11) is 0. The summed E-state index contributed by atoms with van der Waals surface area (Å²) in [5.41, 5.74) is 0.434. The molecule has 1 aromatic carbocycles. The number of hydrogen-bond donors (Lipinski definition) is 2. The first-order valence-electron chi connectivity index (χ1n) is 4.76. The largest absolute Gasteiger partial charge is 0.479 e. The second-order valence-electron chi connectivity index (χ2n) is 3.20. The Balaban J connectivity index is 3.31. The first-order valence-corrected chi connectivity index (χ1v) is 8.43. The van der Waals surface area contributed by atoms with Crippen LogP contribution in [0.2, 0.25) is 0 Å². The summed E-state index contributed by atoms with van der Waals surface area (Å²) in [5, 5.41) is 18.4. The minimum atomic E-state index is -1.46. The van der Waals surface area contributed by atoms with Crippen LogP contribution in [-0.2, 0) is 4.79 Å². The van der Waals surface area contributed by atoms with Gasteiger partial charge in [0.2, 0.25) is 0 Å². The first kappa shape index (κ1) is 14.8. The molecule has 2 N–H and O–H groups in total. The van der Waals surface area contributed by atoms with Crippen molar-refractivity contribution in [1.29, 1.82) is 0 Å². The van der Waals surface area contributed by atoms with Crippen LogP contribution in [0.5, 0.6) is 0 Å². The lowest BCUT2D eigenvalue weighted by atomic mass is 10.1. The van der Waals surface area contributed by atoms with Crippen LogP contribution in [0.25, 0.3) is 0 Å². The number of aliphatic carboxylic acids is 1. The van der Waals surface area contributed by atoms with Crippen LogP contribution in [0.1, 0.15) is 11.7 Å².